The maximum atomic E-state index is 12.8. The lowest BCUT2D eigenvalue weighted by atomic mass is 10.1. The van der Waals surface area contributed by atoms with E-state index in [1.54, 1.807) is 0 Å². The van der Waals surface area contributed by atoms with Gasteiger partial charge in [0.15, 0.2) is 6.10 Å². The van der Waals surface area contributed by atoms with Crippen LogP contribution in [0, 0.1) is 0 Å². The number of unbranched alkanes of at least 4 members (excludes halogenated alkanes) is 23. The molecule has 68 heavy (non-hydrogen) atoms. The number of allylic oxidation sites excluding steroid dienone is 16. The second-order valence-electron chi connectivity index (χ2n) is 18.5. The fraction of sp³-hybridized carbons (Fsp3) is 0.694. The van der Waals surface area contributed by atoms with E-state index in [9.17, 15) is 14.4 Å². The zero-order valence-corrected chi connectivity index (χ0v) is 44.3. The average Bonchev–Trinajstić information content (AvgIpc) is 3.34. The molecular formula is C62H104O6. The van der Waals surface area contributed by atoms with Crippen LogP contribution in [-0.2, 0) is 28.6 Å². The molecule has 0 aromatic rings. The first-order chi connectivity index (χ1) is 33.5. The quantitative estimate of drug-likeness (QED) is 0.0262. The summed E-state index contributed by atoms with van der Waals surface area (Å²) in [4.78, 5) is 37.8. The predicted octanol–water partition coefficient (Wildman–Crippen LogP) is 18.9. The molecular weight excluding hydrogens is 841 g/mol. The van der Waals surface area contributed by atoms with Crippen molar-refractivity contribution in [1.29, 1.82) is 0 Å². The number of rotatable bonds is 50. The third kappa shape index (κ3) is 53.3. The largest absolute Gasteiger partial charge is 0.462 e. The molecule has 0 bridgehead atoms. The summed E-state index contributed by atoms with van der Waals surface area (Å²) >= 11 is 0. The smallest absolute Gasteiger partial charge is 0.306 e. The number of carbonyl (C=O) groups excluding carboxylic acids is 3. The normalized spacial score (nSPS) is 12.8. The summed E-state index contributed by atoms with van der Waals surface area (Å²) in [5.74, 6) is -0.919. The van der Waals surface area contributed by atoms with E-state index in [-0.39, 0.29) is 31.1 Å². The Hall–Kier alpha value is -3.67. The van der Waals surface area contributed by atoms with Gasteiger partial charge >= 0.3 is 17.9 Å². The second kappa shape index (κ2) is 55.9. The molecule has 6 nitrogen and oxygen atoms in total. The zero-order valence-electron chi connectivity index (χ0n) is 44.3. The molecule has 0 fully saturated rings. The number of esters is 3. The lowest BCUT2D eigenvalue weighted by molar-refractivity contribution is -0.167. The van der Waals surface area contributed by atoms with Crippen LogP contribution < -0.4 is 0 Å². The summed E-state index contributed by atoms with van der Waals surface area (Å²) < 4.78 is 16.7. The summed E-state index contributed by atoms with van der Waals surface area (Å²) in [5, 5.41) is 0. The van der Waals surface area contributed by atoms with Crippen LogP contribution in [0.4, 0.5) is 0 Å². The van der Waals surface area contributed by atoms with E-state index in [4.69, 9.17) is 14.2 Å². The third-order valence-electron chi connectivity index (χ3n) is 11.8. The molecule has 0 saturated carbocycles. The maximum absolute atomic E-state index is 12.8. The summed E-state index contributed by atoms with van der Waals surface area (Å²) in [7, 11) is 0. The molecule has 0 aromatic carbocycles. The lowest BCUT2D eigenvalue weighted by Crippen LogP contribution is -2.30. The number of ether oxygens (including phenoxy) is 3. The second-order valence-corrected chi connectivity index (χ2v) is 18.5. The minimum absolute atomic E-state index is 0.0856. The molecule has 1 unspecified atom stereocenters. The van der Waals surface area contributed by atoms with E-state index >= 15 is 0 Å². The minimum atomic E-state index is -0.785. The van der Waals surface area contributed by atoms with Gasteiger partial charge in [-0.3, -0.25) is 14.4 Å². The number of hydrogen-bond acceptors (Lipinski definition) is 6. The first-order valence-electron chi connectivity index (χ1n) is 28.2. The molecule has 0 aliphatic heterocycles. The molecule has 388 valence electrons. The van der Waals surface area contributed by atoms with Crippen LogP contribution in [0.5, 0.6) is 0 Å². The van der Waals surface area contributed by atoms with Crippen LogP contribution >= 0.6 is 0 Å². The van der Waals surface area contributed by atoms with Crippen molar-refractivity contribution in [3.8, 4) is 0 Å². The zero-order chi connectivity index (χ0) is 49.3. The Morgan fingerprint density at radius 2 is 0.574 bits per heavy atom. The first kappa shape index (κ1) is 64.3. The molecule has 0 radical (unpaired) electrons. The Kier molecular flexibility index (Phi) is 52.9. The topological polar surface area (TPSA) is 78.9 Å². The number of carbonyl (C=O) groups is 3. The van der Waals surface area contributed by atoms with Gasteiger partial charge in [0, 0.05) is 19.3 Å². The Balaban J connectivity index is 4.21. The molecule has 1 atom stereocenters. The summed E-state index contributed by atoms with van der Waals surface area (Å²) in [5.41, 5.74) is 0. The van der Waals surface area contributed by atoms with Crippen LogP contribution in [0.15, 0.2) is 97.2 Å². The third-order valence-corrected chi connectivity index (χ3v) is 11.8. The van der Waals surface area contributed by atoms with E-state index in [2.05, 4.69) is 118 Å². The van der Waals surface area contributed by atoms with Gasteiger partial charge in [-0.05, 0) is 103 Å². The van der Waals surface area contributed by atoms with Crippen molar-refractivity contribution >= 4 is 17.9 Å². The molecule has 6 heteroatoms. The standard InChI is InChI=1S/C62H104O6/c1-4-7-10-13-16-18-20-22-24-26-27-28-29-30-31-32-33-34-35-37-38-40-42-44-46-49-52-55-61(64)67-58-59(57-66-60(63)54-51-48-15-12-9-6-3)68-62(65)56-53-50-47-45-43-41-39-36-25-23-21-19-17-14-11-8-5-2/h7,10,16,18,22-25,27-28,30-31,33-34,37-38,59H,4-6,8-9,11-15,17,19-21,26,29,32,35-36,39-58H2,1-3H3/b10-7-,18-16-,24-22-,25-23-,28-27-,31-30-,34-33-,38-37-. The van der Waals surface area contributed by atoms with E-state index in [1.807, 2.05) is 0 Å². The van der Waals surface area contributed by atoms with E-state index < -0.39 is 6.10 Å². The van der Waals surface area contributed by atoms with Gasteiger partial charge in [0.25, 0.3) is 0 Å². The van der Waals surface area contributed by atoms with Gasteiger partial charge in [-0.1, -0.05) is 234 Å². The first-order valence-corrected chi connectivity index (χ1v) is 28.2. The van der Waals surface area contributed by atoms with Gasteiger partial charge in [-0.2, -0.15) is 0 Å². The van der Waals surface area contributed by atoms with Gasteiger partial charge in [-0.25, -0.2) is 0 Å². The van der Waals surface area contributed by atoms with Gasteiger partial charge in [0.1, 0.15) is 13.2 Å². The van der Waals surface area contributed by atoms with Gasteiger partial charge in [-0.15, -0.1) is 0 Å². The summed E-state index contributed by atoms with van der Waals surface area (Å²) in [6.45, 7) is 6.44. The van der Waals surface area contributed by atoms with Gasteiger partial charge < -0.3 is 14.2 Å². The fourth-order valence-corrected chi connectivity index (χ4v) is 7.59. The van der Waals surface area contributed by atoms with E-state index in [1.165, 1.54) is 96.3 Å². The minimum Gasteiger partial charge on any atom is -0.462 e. The average molecular weight is 946 g/mol. The molecule has 0 heterocycles. The molecule has 0 aliphatic rings. The SMILES string of the molecule is CC/C=C\C/C=C\C/C=C\C/C=C\C/C=C\C/C=C\C/C=C\CCCCCCCC(=O)OCC(COC(=O)CCCCCCCC)OC(=O)CCCCCCCCC/C=C\CCCCCCCC. The Morgan fingerprint density at radius 1 is 0.309 bits per heavy atom. The van der Waals surface area contributed by atoms with E-state index in [0.29, 0.717) is 19.3 Å². The molecule has 0 aliphatic carbocycles. The van der Waals surface area contributed by atoms with Gasteiger partial charge in [0.2, 0.25) is 0 Å². The lowest BCUT2D eigenvalue weighted by Gasteiger charge is -2.18. The summed E-state index contributed by atoms with van der Waals surface area (Å²) in [6.07, 6.45) is 74.2. The van der Waals surface area contributed by atoms with E-state index in [0.717, 1.165) is 122 Å². The molecule has 0 saturated heterocycles. The van der Waals surface area contributed by atoms with Crippen LogP contribution in [0.25, 0.3) is 0 Å². The van der Waals surface area contributed by atoms with Gasteiger partial charge in [0.05, 0.1) is 0 Å². The molecule has 0 amide bonds. The van der Waals surface area contributed by atoms with Crippen molar-refractivity contribution in [3.63, 3.8) is 0 Å². The van der Waals surface area contributed by atoms with Crippen molar-refractivity contribution < 1.29 is 28.6 Å². The van der Waals surface area contributed by atoms with Crippen molar-refractivity contribution in [2.75, 3.05) is 13.2 Å². The molecule has 0 aromatic heterocycles. The van der Waals surface area contributed by atoms with Crippen molar-refractivity contribution in [1.82, 2.24) is 0 Å². The molecule has 0 rings (SSSR count). The predicted molar refractivity (Wildman–Crippen MR) is 293 cm³/mol. The highest BCUT2D eigenvalue weighted by Gasteiger charge is 2.19. The van der Waals surface area contributed by atoms with Crippen LogP contribution in [0.2, 0.25) is 0 Å². The Morgan fingerprint density at radius 3 is 0.912 bits per heavy atom. The monoisotopic (exact) mass is 945 g/mol. The van der Waals surface area contributed by atoms with Crippen molar-refractivity contribution in [2.24, 2.45) is 0 Å². The maximum Gasteiger partial charge on any atom is 0.306 e. The molecule has 0 N–H and O–H groups in total. The fourth-order valence-electron chi connectivity index (χ4n) is 7.59. The Labute approximate surface area is 419 Å². The highest BCUT2D eigenvalue weighted by molar-refractivity contribution is 5.71. The molecule has 0 spiro atoms. The number of hydrogen-bond donors (Lipinski definition) is 0. The van der Waals surface area contributed by atoms with Crippen LogP contribution in [0.3, 0.4) is 0 Å². The highest BCUT2D eigenvalue weighted by atomic mass is 16.6. The van der Waals surface area contributed by atoms with Crippen molar-refractivity contribution in [3.05, 3.63) is 97.2 Å². The highest BCUT2D eigenvalue weighted by Crippen LogP contribution is 2.14. The Bertz CT molecular complexity index is 1360. The van der Waals surface area contributed by atoms with Crippen molar-refractivity contribution in [2.45, 2.75) is 264 Å². The van der Waals surface area contributed by atoms with Crippen LogP contribution in [-0.4, -0.2) is 37.2 Å². The van der Waals surface area contributed by atoms with Crippen LogP contribution in [0.1, 0.15) is 258 Å². The summed E-state index contributed by atoms with van der Waals surface area (Å²) in [6, 6.07) is 0.